The number of rotatable bonds is 8. The number of aliphatic imine (C=N–C) groups is 1. The summed E-state index contributed by atoms with van der Waals surface area (Å²) in [6.07, 6.45) is 3.62. The van der Waals surface area contributed by atoms with Crippen LogP contribution in [0.4, 0.5) is 0 Å². The van der Waals surface area contributed by atoms with Crippen LogP contribution in [-0.2, 0) is 0 Å². The lowest BCUT2D eigenvalue weighted by atomic mass is 10.0. The summed E-state index contributed by atoms with van der Waals surface area (Å²) in [5, 5.41) is 10.8. The van der Waals surface area contributed by atoms with Gasteiger partial charge in [0.2, 0.25) is 0 Å². The second kappa shape index (κ2) is 12.6. The van der Waals surface area contributed by atoms with E-state index in [1.165, 1.54) is 44.5 Å². The molecule has 1 aromatic rings. The highest BCUT2D eigenvalue weighted by atomic mass is 127. The van der Waals surface area contributed by atoms with Crippen molar-refractivity contribution in [2.75, 3.05) is 33.2 Å². The summed E-state index contributed by atoms with van der Waals surface area (Å²) in [5.41, 5.74) is 1.27. The smallest absolute Gasteiger partial charge is 0.191 e. The lowest BCUT2D eigenvalue weighted by Crippen LogP contribution is -2.54. The third kappa shape index (κ3) is 8.66. The molecule has 5 nitrogen and oxygen atoms in total. The molecule has 1 unspecified atom stereocenters. The van der Waals surface area contributed by atoms with Crippen LogP contribution in [0.2, 0.25) is 0 Å². The summed E-state index contributed by atoms with van der Waals surface area (Å²) in [5.74, 6) is 0.909. The first kappa shape index (κ1) is 25.2. The van der Waals surface area contributed by atoms with Crippen LogP contribution in [0.3, 0.4) is 0 Å². The molecule has 160 valence electrons. The van der Waals surface area contributed by atoms with E-state index in [2.05, 4.69) is 83.9 Å². The summed E-state index contributed by atoms with van der Waals surface area (Å²) in [7, 11) is 1.86. The second-order valence-corrected chi connectivity index (χ2v) is 8.35. The minimum absolute atomic E-state index is 0. The number of benzene rings is 1. The maximum atomic E-state index is 4.43. The number of likely N-dealkylation sites (tertiary alicyclic amines) is 1. The zero-order chi connectivity index (χ0) is 19.7. The Balaban J connectivity index is 0.00000392. The Morgan fingerprint density at radius 2 is 1.86 bits per heavy atom. The monoisotopic (exact) mass is 501 g/mol. The van der Waals surface area contributed by atoms with Crippen molar-refractivity contribution >= 4 is 29.9 Å². The van der Waals surface area contributed by atoms with Crippen molar-refractivity contribution in [3.8, 4) is 0 Å². The zero-order valence-electron chi connectivity index (χ0n) is 18.3. The highest BCUT2D eigenvalue weighted by molar-refractivity contribution is 14.0. The number of hydrogen-bond acceptors (Lipinski definition) is 3. The Morgan fingerprint density at radius 3 is 2.43 bits per heavy atom. The number of hydrogen-bond donors (Lipinski definition) is 3. The van der Waals surface area contributed by atoms with Crippen LogP contribution in [0, 0.1) is 0 Å². The van der Waals surface area contributed by atoms with Gasteiger partial charge in [-0.15, -0.1) is 24.0 Å². The van der Waals surface area contributed by atoms with E-state index < -0.39 is 0 Å². The molecular formula is C22H40IN5. The molecule has 1 atom stereocenters. The van der Waals surface area contributed by atoms with Crippen LogP contribution in [0.15, 0.2) is 35.3 Å². The molecule has 1 aliphatic rings. The van der Waals surface area contributed by atoms with Crippen LogP contribution in [-0.4, -0.2) is 55.7 Å². The molecule has 1 fully saturated rings. The highest BCUT2D eigenvalue weighted by Crippen LogP contribution is 2.16. The van der Waals surface area contributed by atoms with Gasteiger partial charge in [-0.3, -0.25) is 4.99 Å². The fourth-order valence-corrected chi connectivity index (χ4v) is 3.77. The molecule has 0 amide bonds. The van der Waals surface area contributed by atoms with E-state index in [1.54, 1.807) is 0 Å². The molecule has 0 spiro atoms. The molecule has 1 aromatic carbocycles. The van der Waals surface area contributed by atoms with Gasteiger partial charge in [0.05, 0.1) is 0 Å². The predicted molar refractivity (Wildman–Crippen MR) is 132 cm³/mol. The summed E-state index contributed by atoms with van der Waals surface area (Å²) in [6, 6.07) is 11.4. The first-order chi connectivity index (χ1) is 12.9. The molecule has 6 heteroatoms. The maximum absolute atomic E-state index is 4.43. The molecule has 0 radical (unpaired) electrons. The lowest BCUT2D eigenvalue weighted by Gasteiger charge is -2.34. The molecule has 0 aliphatic carbocycles. The molecule has 0 aromatic heterocycles. The van der Waals surface area contributed by atoms with Gasteiger partial charge in [0.15, 0.2) is 5.96 Å². The SMILES string of the molecule is CCCN1CCC(NC(=NC)NCC(C)(C)NC(C)c2ccccc2)CC1.I. The van der Waals surface area contributed by atoms with Crippen molar-refractivity contribution in [1.29, 1.82) is 0 Å². The van der Waals surface area contributed by atoms with Crippen molar-refractivity contribution in [1.82, 2.24) is 20.9 Å². The Labute approximate surface area is 189 Å². The number of nitrogens with zero attached hydrogens (tertiary/aromatic N) is 2. The summed E-state index contributed by atoms with van der Waals surface area (Å²) >= 11 is 0. The molecule has 3 N–H and O–H groups in total. The van der Waals surface area contributed by atoms with Crippen LogP contribution in [0.1, 0.15) is 58.6 Å². The Hall–Kier alpha value is -0.860. The van der Waals surface area contributed by atoms with Gasteiger partial charge in [0.1, 0.15) is 0 Å². The number of nitrogens with one attached hydrogen (secondary N) is 3. The van der Waals surface area contributed by atoms with Gasteiger partial charge in [0, 0.05) is 44.3 Å². The zero-order valence-corrected chi connectivity index (χ0v) is 20.6. The minimum atomic E-state index is -0.0443. The largest absolute Gasteiger partial charge is 0.355 e. The van der Waals surface area contributed by atoms with Gasteiger partial charge in [-0.2, -0.15) is 0 Å². The summed E-state index contributed by atoms with van der Waals surface area (Å²) < 4.78 is 0. The van der Waals surface area contributed by atoms with E-state index in [0.717, 1.165) is 12.5 Å². The third-order valence-corrected chi connectivity index (χ3v) is 5.30. The number of piperidine rings is 1. The van der Waals surface area contributed by atoms with Crippen LogP contribution in [0.5, 0.6) is 0 Å². The van der Waals surface area contributed by atoms with Crippen molar-refractivity contribution in [3.63, 3.8) is 0 Å². The molecule has 0 bridgehead atoms. The molecule has 28 heavy (non-hydrogen) atoms. The quantitative estimate of drug-likeness (QED) is 0.289. The Kier molecular flexibility index (Phi) is 11.4. The molecule has 0 saturated carbocycles. The predicted octanol–water partition coefficient (Wildman–Crippen LogP) is 3.77. The molecule has 2 rings (SSSR count). The van der Waals surface area contributed by atoms with Gasteiger partial charge in [-0.25, -0.2) is 0 Å². The van der Waals surface area contributed by atoms with Gasteiger partial charge >= 0.3 is 0 Å². The Morgan fingerprint density at radius 1 is 1.21 bits per heavy atom. The van der Waals surface area contributed by atoms with Crippen LogP contribution < -0.4 is 16.0 Å². The van der Waals surface area contributed by atoms with E-state index in [0.29, 0.717) is 12.1 Å². The summed E-state index contributed by atoms with van der Waals surface area (Å²) in [6.45, 7) is 13.3. The molecular weight excluding hydrogens is 461 g/mol. The first-order valence-electron chi connectivity index (χ1n) is 10.5. The third-order valence-electron chi connectivity index (χ3n) is 5.30. The van der Waals surface area contributed by atoms with E-state index in [-0.39, 0.29) is 29.5 Å². The molecule has 1 saturated heterocycles. The number of guanidine groups is 1. The number of halogens is 1. The minimum Gasteiger partial charge on any atom is -0.355 e. The van der Waals surface area contributed by atoms with Crippen molar-refractivity contribution in [3.05, 3.63) is 35.9 Å². The van der Waals surface area contributed by atoms with Crippen molar-refractivity contribution in [2.24, 2.45) is 4.99 Å². The fourth-order valence-electron chi connectivity index (χ4n) is 3.77. The Bertz CT molecular complexity index is 568. The average Bonchev–Trinajstić information content (AvgIpc) is 2.67. The normalized spacial score (nSPS) is 17.7. The average molecular weight is 502 g/mol. The first-order valence-corrected chi connectivity index (χ1v) is 10.5. The standard InChI is InChI=1S/C22H39N5.HI/c1-6-14-27-15-12-20(13-16-27)25-21(23-5)24-17-22(3,4)26-18(2)19-10-8-7-9-11-19;/h7-11,18,20,26H,6,12-17H2,1-5H3,(H2,23,24,25);1H. The molecule has 1 aliphatic heterocycles. The van der Waals surface area contributed by atoms with Crippen LogP contribution >= 0.6 is 24.0 Å². The van der Waals surface area contributed by atoms with Crippen LogP contribution in [0.25, 0.3) is 0 Å². The topological polar surface area (TPSA) is 51.7 Å². The van der Waals surface area contributed by atoms with Gasteiger partial charge in [0.25, 0.3) is 0 Å². The van der Waals surface area contributed by atoms with E-state index in [9.17, 15) is 0 Å². The maximum Gasteiger partial charge on any atom is 0.191 e. The van der Waals surface area contributed by atoms with Gasteiger partial charge in [-0.05, 0) is 52.1 Å². The highest BCUT2D eigenvalue weighted by Gasteiger charge is 2.23. The van der Waals surface area contributed by atoms with Crippen molar-refractivity contribution < 1.29 is 0 Å². The summed E-state index contributed by atoms with van der Waals surface area (Å²) in [4.78, 5) is 6.99. The van der Waals surface area contributed by atoms with E-state index in [1.807, 2.05) is 7.05 Å². The van der Waals surface area contributed by atoms with Crippen molar-refractivity contribution in [2.45, 2.75) is 64.6 Å². The van der Waals surface area contributed by atoms with E-state index in [4.69, 9.17) is 0 Å². The fraction of sp³-hybridized carbons (Fsp3) is 0.682. The van der Waals surface area contributed by atoms with E-state index >= 15 is 0 Å². The van der Waals surface area contributed by atoms with Gasteiger partial charge < -0.3 is 20.9 Å². The second-order valence-electron chi connectivity index (χ2n) is 8.35. The van der Waals surface area contributed by atoms with Gasteiger partial charge in [-0.1, -0.05) is 37.3 Å². The molecule has 1 heterocycles. The lowest BCUT2D eigenvalue weighted by molar-refractivity contribution is 0.206.